The van der Waals surface area contributed by atoms with Gasteiger partial charge in [0.15, 0.2) is 5.82 Å². The molecule has 4 rings (SSSR count). The van der Waals surface area contributed by atoms with Gasteiger partial charge in [0.05, 0.1) is 24.9 Å². The summed E-state index contributed by atoms with van der Waals surface area (Å²) in [6.45, 7) is 3.30. The molecule has 0 saturated carbocycles. The molecule has 0 spiro atoms. The number of hydrogen-bond acceptors (Lipinski definition) is 5. The normalized spacial score (nSPS) is 19.1. The van der Waals surface area contributed by atoms with E-state index in [1.807, 2.05) is 23.1 Å². The number of hydrogen-bond donors (Lipinski definition) is 0. The highest BCUT2D eigenvalue weighted by molar-refractivity contribution is 5.44. The fourth-order valence-electron chi connectivity index (χ4n) is 2.59. The molecule has 0 bridgehead atoms. The number of anilines is 1. The van der Waals surface area contributed by atoms with Crippen LogP contribution in [0.4, 0.5) is 5.82 Å². The van der Waals surface area contributed by atoms with Gasteiger partial charge >= 0.3 is 0 Å². The van der Waals surface area contributed by atoms with Gasteiger partial charge in [-0.3, -0.25) is 4.68 Å². The van der Waals surface area contributed by atoms with Crippen molar-refractivity contribution in [1.82, 2.24) is 20.0 Å². The lowest BCUT2D eigenvalue weighted by molar-refractivity contribution is 0.108. The van der Waals surface area contributed by atoms with Crippen LogP contribution in [0.15, 0.2) is 24.5 Å². The van der Waals surface area contributed by atoms with Gasteiger partial charge in [-0.1, -0.05) is 0 Å². The summed E-state index contributed by atoms with van der Waals surface area (Å²) in [5.74, 6) is 0.952. The first-order chi connectivity index (χ1) is 9.40. The molecule has 1 saturated heterocycles. The number of nitrogens with zero attached hydrogens (tertiary/aromatic N) is 5. The second-order valence-electron chi connectivity index (χ2n) is 5.02. The molecule has 0 aromatic carbocycles. The summed E-state index contributed by atoms with van der Waals surface area (Å²) >= 11 is 0. The Bertz CT molecular complexity index is 577. The summed E-state index contributed by atoms with van der Waals surface area (Å²) in [4.78, 5) is 2.23. The molecule has 0 unspecified atom stereocenters. The van der Waals surface area contributed by atoms with Crippen molar-refractivity contribution < 1.29 is 4.74 Å². The third-order valence-corrected chi connectivity index (χ3v) is 3.77. The monoisotopic (exact) mass is 257 g/mol. The Morgan fingerprint density at radius 2 is 2.21 bits per heavy atom. The Hall–Kier alpha value is -1.95. The summed E-state index contributed by atoms with van der Waals surface area (Å²) in [5, 5.41) is 12.9. The first-order valence-corrected chi connectivity index (χ1v) is 6.57. The van der Waals surface area contributed by atoms with Crippen LogP contribution in [0, 0.1) is 0 Å². The van der Waals surface area contributed by atoms with Crippen LogP contribution < -0.4 is 4.90 Å². The number of ether oxygens (including phenoxy) is 1. The maximum Gasteiger partial charge on any atom is 0.151 e. The highest BCUT2D eigenvalue weighted by Gasteiger charge is 2.30. The van der Waals surface area contributed by atoms with Gasteiger partial charge in [-0.15, -0.1) is 5.10 Å². The predicted octanol–water partition coefficient (Wildman–Crippen LogP) is 0.807. The van der Waals surface area contributed by atoms with Crippen molar-refractivity contribution in [2.24, 2.45) is 0 Å². The van der Waals surface area contributed by atoms with Crippen LogP contribution >= 0.6 is 0 Å². The van der Waals surface area contributed by atoms with Gasteiger partial charge < -0.3 is 9.64 Å². The molecule has 4 heterocycles. The van der Waals surface area contributed by atoms with Crippen molar-refractivity contribution in [3.63, 3.8) is 0 Å². The molecule has 2 aromatic heterocycles. The van der Waals surface area contributed by atoms with Gasteiger partial charge in [0, 0.05) is 37.5 Å². The van der Waals surface area contributed by atoms with Gasteiger partial charge in [-0.25, -0.2) is 0 Å². The van der Waals surface area contributed by atoms with Crippen LogP contribution in [0.3, 0.4) is 0 Å². The molecule has 2 aliphatic rings. The number of fused-ring (bicyclic) bond motifs is 1. The lowest BCUT2D eigenvalue weighted by Crippen LogP contribution is -2.48. The van der Waals surface area contributed by atoms with E-state index in [-0.39, 0.29) is 0 Å². The molecule has 1 fully saturated rings. The van der Waals surface area contributed by atoms with Crippen molar-refractivity contribution in [3.8, 4) is 0 Å². The second-order valence-corrected chi connectivity index (χ2v) is 5.02. The highest BCUT2D eigenvalue weighted by atomic mass is 16.5. The van der Waals surface area contributed by atoms with Crippen molar-refractivity contribution in [2.75, 3.05) is 24.6 Å². The Kier molecular flexibility index (Phi) is 2.48. The van der Waals surface area contributed by atoms with Gasteiger partial charge in [0.1, 0.15) is 0 Å². The van der Waals surface area contributed by atoms with Crippen LogP contribution in [0.25, 0.3) is 0 Å². The SMILES string of the molecule is c1cnn(C2CN(c3cc4c(nn3)CCOC4)C2)c1. The molecular weight excluding hydrogens is 242 g/mol. The van der Waals surface area contributed by atoms with Gasteiger partial charge in [0.25, 0.3) is 0 Å². The van der Waals surface area contributed by atoms with E-state index >= 15 is 0 Å². The third-order valence-electron chi connectivity index (χ3n) is 3.77. The second kappa shape index (κ2) is 4.31. The zero-order valence-corrected chi connectivity index (χ0v) is 10.6. The van der Waals surface area contributed by atoms with Crippen LogP contribution in [0.2, 0.25) is 0 Å². The first kappa shape index (κ1) is 10.9. The van der Waals surface area contributed by atoms with Gasteiger partial charge in [0.2, 0.25) is 0 Å². The standard InChI is InChI=1S/C13H15N5O/c1-3-14-18(4-1)11-7-17(8-11)13-6-10-9-19-5-2-12(10)15-16-13/h1,3-4,6,11H,2,5,7-9H2. The molecule has 0 amide bonds. The fraction of sp³-hybridized carbons (Fsp3) is 0.462. The van der Waals surface area contributed by atoms with Gasteiger partial charge in [-0.2, -0.15) is 10.2 Å². The lowest BCUT2D eigenvalue weighted by Gasteiger charge is -2.40. The molecule has 0 radical (unpaired) electrons. The van der Waals surface area contributed by atoms with E-state index in [1.54, 1.807) is 0 Å². The fourth-order valence-corrected chi connectivity index (χ4v) is 2.59. The Balaban J connectivity index is 1.49. The smallest absolute Gasteiger partial charge is 0.151 e. The average molecular weight is 257 g/mol. The predicted molar refractivity (Wildman–Crippen MR) is 68.9 cm³/mol. The molecule has 6 heteroatoms. The van der Waals surface area contributed by atoms with Crippen molar-refractivity contribution in [2.45, 2.75) is 19.1 Å². The summed E-state index contributed by atoms with van der Waals surface area (Å²) in [7, 11) is 0. The maximum atomic E-state index is 5.46. The van der Waals surface area contributed by atoms with E-state index in [0.29, 0.717) is 12.6 Å². The topological polar surface area (TPSA) is 56.1 Å². The molecule has 6 nitrogen and oxygen atoms in total. The van der Waals surface area contributed by atoms with Crippen LogP contribution in [0.5, 0.6) is 0 Å². The van der Waals surface area contributed by atoms with Crippen molar-refractivity contribution in [3.05, 3.63) is 35.8 Å². The molecule has 0 N–H and O–H groups in total. The molecule has 98 valence electrons. The zero-order valence-electron chi connectivity index (χ0n) is 10.6. The molecular formula is C13H15N5O. The lowest BCUT2D eigenvalue weighted by atomic mass is 10.1. The quantitative estimate of drug-likeness (QED) is 0.796. The summed E-state index contributed by atoms with van der Waals surface area (Å²) in [6, 6.07) is 4.52. The number of rotatable bonds is 2. The average Bonchev–Trinajstić information content (AvgIpc) is 2.91. The summed E-state index contributed by atoms with van der Waals surface area (Å²) < 4.78 is 7.47. The van der Waals surface area contributed by atoms with Crippen LogP contribution in [-0.2, 0) is 17.8 Å². The van der Waals surface area contributed by atoms with E-state index in [9.17, 15) is 0 Å². The minimum atomic E-state index is 0.448. The maximum absolute atomic E-state index is 5.46. The molecule has 2 aromatic rings. The van der Waals surface area contributed by atoms with E-state index in [0.717, 1.165) is 37.6 Å². The molecule has 0 atom stereocenters. The molecule has 19 heavy (non-hydrogen) atoms. The zero-order chi connectivity index (χ0) is 12.7. The number of aromatic nitrogens is 4. The highest BCUT2D eigenvalue weighted by Crippen LogP contribution is 2.27. The largest absolute Gasteiger partial charge is 0.376 e. The summed E-state index contributed by atoms with van der Waals surface area (Å²) in [6.07, 6.45) is 4.70. The minimum absolute atomic E-state index is 0.448. The van der Waals surface area contributed by atoms with E-state index in [2.05, 4.69) is 26.3 Å². The third kappa shape index (κ3) is 1.88. The van der Waals surface area contributed by atoms with Crippen molar-refractivity contribution >= 4 is 5.82 Å². The molecule has 0 aliphatic carbocycles. The van der Waals surface area contributed by atoms with E-state index in [4.69, 9.17) is 4.74 Å². The Labute approximate surface area is 111 Å². The van der Waals surface area contributed by atoms with E-state index < -0.39 is 0 Å². The van der Waals surface area contributed by atoms with Crippen LogP contribution in [-0.4, -0.2) is 39.7 Å². The first-order valence-electron chi connectivity index (χ1n) is 6.57. The minimum Gasteiger partial charge on any atom is -0.376 e. The van der Waals surface area contributed by atoms with Crippen molar-refractivity contribution in [1.29, 1.82) is 0 Å². The van der Waals surface area contributed by atoms with Crippen LogP contribution in [0.1, 0.15) is 17.3 Å². The Morgan fingerprint density at radius 3 is 3.05 bits per heavy atom. The van der Waals surface area contributed by atoms with E-state index in [1.165, 1.54) is 5.56 Å². The summed E-state index contributed by atoms with van der Waals surface area (Å²) in [5.41, 5.74) is 2.26. The van der Waals surface area contributed by atoms with Gasteiger partial charge in [-0.05, 0) is 12.1 Å². The Morgan fingerprint density at radius 1 is 1.26 bits per heavy atom. The molecule has 2 aliphatic heterocycles.